The van der Waals surface area contributed by atoms with Crippen LogP contribution in [0.25, 0.3) is 0 Å². The number of carbonyl (C=O) groups is 1. The lowest BCUT2D eigenvalue weighted by atomic mass is 10.1. The number of hydrogen-bond acceptors (Lipinski definition) is 3. The number of piperidine rings is 1. The van der Waals surface area contributed by atoms with Crippen molar-refractivity contribution in [3.8, 4) is 5.75 Å². The number of aromatic hydroxyl groups is 1. The van der Waals surface area contributed by atoms with Crippen molar-refractivity contribution in [3.63, 3.8) is 0 Å². The van der Waals surface area contributed by atoms with E-state index in [9.17, 15) is 9.90 Å². The topological polar surface area (TPSA) is 52.6 Å². The summed E-state index contributed by atoms with van der Waals surface area (Å²) in [6.45, 7) is 7.52. The normalized spacial score (nSPS) is 15.8. The zero-order valence-electron chi connectivity index (χ0n) is 14.1. The van der Waals surface area contributed by atoms with Crippen LogP contribution in [-0.2, 0) is 6.54 Å². The van der Waals surface area contributed by atoms with Gasteiger partial charge in [-0.15, -0.1) is 0 Å². The average Bonchev–Trinajstić information content (AvgIpc) is 2.51. The summed E-state index contributed by atoms with van der Waals surface area (Å²) in [5.41, 5.74) is 1.00. The molecule has 2 N–H and O–H groups in total. The van der Waals surface area contributed by atoms with Gasteiger partial charge in [-0.3, -0.25) is 9.69 Å². The lowest BCUT2D eigenvalue weighted by molar-refractivity contribution is 0.0949. The summed E-state index contributed by atoms with van der Waals surface area (Å²) < 4.78 is 0. The number of likely N-dealkylation sites (tertiary alicyclic amines) is 1. The van der Waals surface area contributed by atoms with Crippen LogP contribution < -0.4 is 5.32 Å². The Labute approximate surface area is 143 Å². The Bertz CT molecular complexity index is 540. The Morgan fingerprint density at radius 1 is 1.30 bits per heavy atom. The molecular formula is C18H27ClN2O2. The molecule has 1 heterocycles. The molecule has 1 saturated heterocycles. The Morgan fingerprint density at radius 3 is 2.65 bits per heavy atom. The maximum absolute atomic E-state index is 12.3. The molecule has 0 aliphatic carbocycles. The minimum absolute atomic E-state index is 0.0574. The third-order valence-electron chi connectivity index (χ3n) is 4.25. The lowest BCUT2D eigenvalue weighted by Gasteiger charge is -2.27. The van der Waals surface area contributed by atoms with E-state index in [0.29, 0.717) is 24.0 Å². The molecule has 4 nitrogen and oxygen atoms in total. The van der Waals surface area contributed by atoms with Crippen molar-refractivity contribution >= 4 is 17.5 Å². The van der Waals surface area contributed by atoms with E-state index < -0.39 is 0 Å². The van der Waals surface area contributed by atoms with Crippen molar-refractivity contribution in [2.45, 2.75) is 46.1 Å². The van der Waals surface area contributed by atoms with Crippen LogP contribution in [-0.4, -0.2) is 35.5 Å². The second-order valence-electron chi connectivity index (χ2n) is 6.74. The molecule has 0 atom stereocenters. The van der Waals surface area contributed by atoms with Crippen molar-refractivity contribution in [2.75, 3.05) is 19.6 Å². The molecule has 0 bridgehead atoms. The number of carbonyl (C=O) groups excluding carboxylic acids is 1. The van der Waals surface area contributed by atoms with Gasteiger partial charge in [-0.2, -0.15) is 0 Å². The third-order valence-corrected chi connectivity index (χ3v) is 4.47. The summed E-state index contributed by atoms with van der Waals surface area (Å²) in [6, 6.07) is 3.30. The smallest absolute Gasteiger partial charge is 0.255 e. The standard InChI is InChI=1S/C18H27ClN2O2/c1-13(2)6-7-20-18(23)16-11-15(19)10-14(17(16)22)12-21-8-4-3-5-9-21/h10-11,13,22H,3-9,12H2,1-2H3,(H,20,23). The van der Waals surface area contributed by atoms with Crippen LogP contribution in [0.2, 0.25) is 5.02 Å². The number of nitrogens with zero attached hydrogens (tertiary/aromatic N) is 1. The number of benzene rings is 1. The van der Waals surface area contributed by atoms with E-state index >= 15 is 0 Å². The summed E-state index contributed by atoms with van der Waals surface area (Å²) in [6.07, 6.45) is 4.54. The number of rotatable bonds is 6. The fourth-order valence-electron chi connectivity index (χ4n) is 2.88. The Balaban J connectivity index is 2.08. The fourth-order valence-corrected chi connectivity index (χ4v) is 3.12. The molecule has 1 aliphatic rings. The van der Waals surface area contributed by atoms with Gasteiger partial charge in [0.25, 0.3) is 5.91 Å². The van der Waals surface area contributed by atoms with Crippen LogP contribution in [0.3, 0.4) is 0 Å². The number of nitrogens with one attached hydrogen (secondary N) is 1. The third kappa shape index (κ3) is 5.40. The predicted octanol–water partition coefficient (Wildman–Crippen LogP) is 3.81. The molecule has 0 aromatic heterocycles. The summed E-state index contributed by atoms with van der Waals surface area (Å²) in [5, 5.41) is 13.8. The number of phenolic OH excluding ortho intramolecular Hbond substituents is 1. The van der Waals surface area contributed by atoms with Gasteiger partial charge < -0.3 is 10.4 Å². The molecule has 0 saturated carbocycles. The van der Waals surface area contributed by atoms with Gasteiger partial charge in [-0.05, 0) is 50.4 Å². The Morgan fingerprint density at radius 2 is 2.00 bits per heavy atom. The van der Waals surface area contributed by atoms with E-state index in [1.165, 1.54) is 19.3 Å². The highest BCUT2D eigenvalue weighted by atomic mass is 35.5. The van der Waals surface area contributed by atoms with E-state index in [1.54, 1.807) is 12.1 Å². The van der Waals surface area contributed by atoms with Gasteiger partial charge in [-0.25, -0.2) is 0 Å². The molecule has 1 aromatic rings. The van der Waals surface area contributed by atoms with Gasteiger partial charge in [-0.1, -0.05) is 31.9 Å². The SMILES string of the molecule is CC(C)CCNC(=O)c1cc(Cl)cc(CN2CCCCC2)c1O. The molecule has 0 radical (unpaired) electrons. The van der Waals surface area contributed by atoms with Gasteiger partial charge in [0.05, 0.1) is 5.56 Å². The van der Waals surface area contributed by atoms with Gasteiger partial charge >= 0.3 is 0 Å². The van der Waals surface area contributed by atoms with Crippen molar-refractivity contribution in [2.24, 2.45) is 5.92 Å². The molecule has 1 aliphatic heterocycles. The summed E-state index contributed by atoms with van der Waals surface area (Å²) in [5.74, 6) is 0.325. The summed E-state index contributed by atoms with van der Waals surface area (Å²) in [7, 11) is 0. The minimum Gasteiger partial charge on any atom is -0.507 e. The maximum Gasteiger partial charge on any atom is 0.255 e. The molecular weight excluding hydrogens is 312 g/mol. The number of halogens is 1. The van der Waals surface area contributed by atoms with Crippen LogP contribution in [0.15, 0.2) is 12.1 Å². The zero-order valence-corrected chi connectivity index (χ0v) is 14.8. The van der Waals surface area contributed by atoms with E-state index in [2.05, 4.69) is 24.1 Å². The van der Waals surface area contributed by atoms with E-state index in [1.807, 2.05) is 0 Å². The number of hydrogen-bond donors (Lipinski definition) is 2. The Kier molecular flexibility index (Phi) is 6.72. The molecule has 0 unspecified atom stereocenters. The highest BCUT2D eigenvalue weighted by molar-refractivity contribution is 6.31. The van der Waals surface area contributed by atoms with Gasteiger partial charge in [0, 0.05) is 23.7 Å². The molecule has 23 heavy (non-hydrogen) atoms. The highest BCUT2D eigenvalue weighted by Crippen LogP contribution is 2.29. The predicted molar refractivity (Wildman–Crippen MR) is 94.0 cm³/mol. The summed E-state index contributed by atoms with van der Waals surface area (Å²) in [4.78, 5) is 14.6. The van der Waals surface area contributed by atoms with Crippen molar-refractivity contribution in [1.82, 2.24) is 10.2 Å². The molecule has 5 heteroatoms. The van der Waals surface area contributed by atoms with Crippen LogP contribution >= 0.6 is 11.6 Å². The second kappa shape index (κ2) is 8.55. The maximum atomic E-state index is 12.3. The Hall–Kier alpha value is -1.26. The highest BCUT2D eigenvalue weighted by Gasteiger charge is 2.19. The number of phenols is 1. The summed E-state index contributed by atoms with van der Waals surface area (Å²) >= 11 is 6.16. The van der Waals surface area contributed by atoms with E-state index in [-0.39, 0.29) is 17.2 Å². The first kappa shape index (κ1) is 18.1. The first-order valence-electron chi connectivity index (χ1n) is 8.49. The van der Waals surface area contributed by atoms with Gasteiger partial charge in [0.15, 0.2) is 0 Å². The average molecular weight is 339 g/mol. The van der Waals surface area contributed by atoms with Crippen LogP contribution in [0, 0.1) is 5.92 Å². The van der Waals surface area contributed by atoms with E-state index in [4.69, 9.17) is 11.6 Å². The quantitative estimate of drug-likeness (QED) is 0.829. The molecule has 128 valence electrons. The van der Waals surface area contributed by atoms with E-state index in [0.717, 1.165) is 25.1 Å². The van der Waals surface area contributed by atoms with Crippen LogP contribution in [0.1, 0.15) is 55.5 Å². The monoisotopic (exact) mass is 338 g/mol. The molecule has 0 spiro atoms. The zero-order chi connectivity index (χ0) is 16.8. The first-order valence-corrected chi connectivity index (χ1v) is 8.87. The van der Waals surface area contributed by atoms with Crippen LogP contribution in [0.5, 0.6) is 5.75 Å². The number of amides is 1. The largest absolute Gasteiger partial charge is 0.507 e. The molecule has 2 rings (SSSR count). The lowest BCUT2D eigenvalue weighted by Crippen LogP contribution is -2.29. The fraction of sp³-hybridized carbons (Fsp3) is 0.611. The van der Waals surface area contributed by atoms with Gasteiger partial charge in [0.2, 0.25) is 0 Å². The molecule has 1 fully saturated rings. The van der Waals surface area contributed by atoms with Crippen LogP contribution in [0.4, 0.5) is 0 Å². The second-order valence-corrected chi connectivity index (χ2v) is 7.17. The molecule has 1 amide bonds. The van der Waals surface area contributed by atoms with Gasteiger partial charge in [0.1, 0.15) is 5.75 Å². The van der Waals surface area contributed by atoms with Crippen molar-refractivity contribution in [3.05, 3.63) is 28.3 Å². The van der Waals surface area contributed by atoms with Crippen molar-refractivity contribution in [1.29, 1.82) is 0 Å². The minimum atomic E-state index is -0.259. The molecule has 1 aromatic carbocycles. The first-order chi connectivity index (χ1) is 11.0. The van der Waals surface area contributed by atoms with Crippen molar-refractivity contribution < 1.29 is 9.90 Å².